The van der Waals surface area contributed by atoms with Crippen molar-refractivity contribution in [2.75, 3.05) is 13.2 Å². The Morgan fingerprint density at radius 3 is 2.60 bits per heavy atom. The molecule has 1 aliphatic heterocycles. The Morgan fingerprint density at radius 2 is 2.00 bits per heavy atom. The molecule has 2 rings (SSSR count). The topological polar surface area (TPSA) is 64.8 Å². The third-order valence-electron chi connectivity index (χ3n) is 3.26. The highest BCUT2D eigenvalue weighted by Gasteiger charge is 2.27. The Hall–Kier alpha value is -1.75. The SMILES string of the molecule is CC(N)C(=O)N(C[C@H]1COc2ccccc2O1)C(C)C. The Balaban J connectivity index is 2.04. The van der Waals surface area contributed by atoms with Crippen molar-refractivity contribution < 1.29 is 14.3 Å². The number of nitrogens with zero attached hydrogens (tertiary/aromatic N) is 1. The van der Waals surface area contributed by atoms with Gasteiger partial charge in [0.05, 0.1) is 12.6 Å². The minimum Gasteiger partial charge on any atom is -0.486 e. The molecule has 0 aliphatic carbocycles. The van der Waals surface area contributed by atoms with E-state index < -0.39 is 6.04 Å². The molecule has 2 N–H and O–H groups in total. The zero-order valence-electron chi connectivity index (χ0n) is 12.2. The summed E-state index contributed by atoms with van der Waals surface area (Å²) in [6.45, 7) is 6.56. The van der Waals surface area contributed by atoms with Gasteiger partial charge in [0.25, 0.3) is 0 Å². The number of fused-ring (bicyclic) bond motifs is 1. The monoisotopic (exact) mass is 278 g/mol. The number of amides is 1. The van der Waals surface area contributed by atoms with Gasteiger partial charge in [-0.05, 0) is 32.9 Å². The first-order valence-electron chi connectivity index (χ1n) is 6.93. The molecule has 1 aliphatic rings. The number of hydrogen-bond donors (Lipinski definition) is 1. The predicted octanol–water partition coefficient (Wildman–Crippen LogP) is 1.41. The van der Waals surface area contributed by atoms with E-state index in [1.165, 1.54) is 0 Å². The molecule has 0 aromatic heterocycles. The quantitative estimate of drug-likeness (QED) is 0.904. The van der Waals surface area contributed by atoms with Gasteiger partial charge >= 0.3 is 0 Å². The van der Waals surface area contributed by atoms with Gasteiger partial charge < -0.3 is 20.1 Å². The summed E-state index contributed by atoms with van der Waals surface area (Å²) in [4.78, 5) is 13.9. The summed E-state index contributed by atoms with van der Waals surface area (Å²) in [5.41, 5.74) is 5.69. The summed E-state index contributed by atoms with van der Waals surface area (Å²) in [6.07, 6.45) is -0.171. The van der Waals surface area contributed by atoms with Gasteiger partial charge in [-0.2, -0.15) is 0 Å². The second-order valence-electron chi connectivity index (χ2n) is 5.37. The van der Waals surface area contributed by atoms with Crippen molar-refractivity contribution in [2.45, 2.75) is 39.0 Å². The first-order valence-corrected chi connectivity index (χ1v) is 6.93. The normalized spacial score (nSPS) is 18.8. The van der Waals surface area contributed by atoms with E-state index in [9.17, 15) is 4.79 Å². The van der Waals surface area contributed by atoms with E-state index >= 15 is 0 Å². The van der Waals surface area contributed by atoms with Gasteiger partial charge in [-0.1, -0.05) is 12.1 Å². The first kappa shape index (κ1) is 14.7. The lowest BCUT2D eigenvalue weighted by atomic mass is 10.2. The lowest BCUT2D eigenvalue weighted by Gasteiger charge is -2.34. The van der Waals surface area contributed by atoms with E-state index in [0.29, 0.717) is 13.2 Å². The van der Waals surface area contributed by atoms with Crippen LogP contribution in [-0.4, -0.2) is 42.1 Å². The molecule has 0 spiro atoms. The van der Waals surface area contributed by atoms with Crippen molar-refractivity contribution >= 4 is 5.91 Å². The minimum absolute atomic E-state index is 0.0672. The van der Waals surface area contributed by atoms with Gasteiger partial charge in [0.2, 0.25) is 5.91 Å². The number of carbonyl (C=O) groups is 1. The molecule has 1 unspecified atom stereocenters. The number of carbonyl (C=O) groups excluding carboxylic acids is 1. The summed E-state index contributed by atoms with van der Waals surface area (Å²) in [6, 6.07) is 7.12. The van der Waals surface area contributed by atoms with E-state index in [1.807, 2.05) is 38.1 Å². The fourth-order valence-corrected chi connectivity index (χ4v) is 2.19. The van der Waals surface area contributed by atoms with Gasteiger partial charge in [-0.25, -0.2) is 0 Å². The molecule has 1 heterocycles. The Bertz CT molecular complexity index is 474. The van der Waals surface area contributed by atoms with Crippen LogP contribution in [0.5, 0.6) is 11.5 Å². The van der Waals surface area contributed by atoms with Crippen LogP contribution in [0.3, 0.4) is 0 Å². The number of benzene rings is 1. The smallest absolute Gasteiger partial charge is 0.239 e. The molecule has 0 bridgehead atoms. The summed E-state index contributed by atoms with van der Waals surface area (Å²) in [5.74, 6) is 1.40. The first-order chi connectivity index (χ1) is 9.49. The maximum atomic E-state index is 12.1. The zero-order chi connectivity index (χ0) is 14.7. The van der Waals surface area contributed by atoms with E-state index in [2.05, 4.69) is 0 Å². The van der Waals surface area contributed by atoms with Crippen molar-refractivity contribution in [3.05, 3.63) is 24.3 Å². The van der Waals surface area contributed by atoms with Crippen LogP contribution in [0.4, 0.5) is 0 Å². The molecule has 110 valence electrons. The van der Waals surface area contributed by atoms with Crippen LogP contribution in [0.15, 0.2) is 24.3 Å². The third kappa shape index (κ3) is 3.22. The average Bonchev–Trinajstić information content (AvgIpc) is 2.43. The van der Waals surface area contributed by atoms with Crippen LogP contribution < -0.4 is 15.2 Å². The zero-order valence-corrected chi connectivity index (χ0v) is 12.2. The fraction of sp³-hybridized carbons (Fsp3) is 0.533. The van der Waals surface area contributed by atoms with Gasteiger partial charge in [0.15, 0.2) is 17.6 Å². The standard InChI is InChI=1S/C15H22N2O3/c1-10(2)17(15(18)11(3)16)8-12-9-19-13-6-4-5-7-14(13)20-12/h4-7,10-12H,8-9,16H2,1-3H3/t11?,12-/m0/s1. The second kappa shape index (κ2) is 6.13. The number of para-hydroxylation sites is 2. The molecule has 0 saturated heterocycles. The lowest BCUT2D eigenvalue weighted by molar-refractivity contribution is -0.135. The molecule has 20 heavy (non-hydrogen) atoms. The van der Waals surface area contributed by atoms with Crippen LogP contribution in [-0.2, 0) is 4.79 Å². The summed E-state index contributed by atoms with van der Waals surface area (Å²) in [7, 11) is 0. The van der Waals surface area contributed by atoms with Gasteiger partial charge in [-0.3, -0.25) is 4.79 Å². The maximum absolute atomic E-state index is 12.1. The van der Waals surface area contributed by atoms with Gasteiger partial charge in [0, 0.05) is 6.04 Å². The summed E-state index contributed by atoms with van der Waals surface area (Å²) >= 11 is 0. The number of hydrogen-bond acceptors (Lipinski definition) is 4. The molecular formula is C15H22N2O3. The van der Waals surface area contributed by atoms with Gasteiger partial charge in [0.1, 0.15) is 6.61 Å². The largest absolute Gasteiger partial charge is 0.486 e. The molecule has 1 aromatic carbocycles. The van der Waals surface area contributed by atoms with Crippen molar-refractivity contribution in [1.82, 2.24) is 4.90 Å². The molecule has 5 nitrogen and oxygen atoms in total. The minimum atomic E-state index is -0.505. The fourth-order valence-electron chi connectivity index (χ4n) is 2.19. The number of rotatable bonds is 4. The Morgan fingerprint density at radius 1 is 1.35 bits per heavy atom. The molecule has 1 aromatic rings. The molecule has 0 radical (unpaired) electrons. The van der Waals surface area contributed by atoms with Crippen LogP contribution in [0.2, 0.25) is 0 Å². The maximum Gasteiger partial charge on any atom is 0.239 e. The molecule has 5 heteroatoms. The van der Waals surface area contributed by atoms with E-state index in [-0.39, 0.29) is 18.1 Å². The molecule has 2 atom stereocenters. The average molecular weight is 278 g/mol. The van der Waals surface area contributed by atoms with E-state index in [1.54, 1.807) is 11.8 Å². The third-order valence-corrected chi connectivity index (χ3v) is 3.26. The van der Waals surface area contributed by atoms with E-state index in [0.717, 1.165) is 11.5 Å². The number of nitrogens with two attached hydrogens (primary N) is 1. The van der Waals surface area contributed by atoms with Gasteiger partial charge in [-0.15, -0.1) is 0 Å². The predicted molar refractivity (Wildman–Crippen MR) is 76.9 cm³/mol. The number of ether oxygens (including phenoxy) is 2. The van der Waals surface area contributed by atoms with Crippen LogP contribution in [0, 0.1) is 0 Å². The Kier molecular flexibility index (Phi) is 4.49. The summed E-state index contributed by atoms with van der Waals surface area (Å²) < 4.78 is 11.5. The van der Waals surface area contributed by atoms with E-state index in [4.69, 9.17) is 15.2 Å². The lowest BCUT2D eigenvalue weighted by Crippen LogP contribution is -2.51. The van der Waals surface area contributed by atoms with Crippen molar-refractivity contribution in [3.8, 4) is 11.5 Å². The molecule has 0 saturated carbocycles. The summed E-state index contributed by atoms with van der Waals surface area (Å²) in [5, 5.41) is 0. The van der Waals surface area contributed by atoms with Crippen molar-refractivity contribution in [1.29, 1.82) is 0 Å². The highest BCUT2D eigenvalue weighted by molar-refractivity contribution is 5.81. The molecular weight excluding hydrogens is 256 g/mol. The van der Waals surface area contributed by atoms with Crippen molar-refractivity contribution in [3.63, 3.8) is 0 Å². The van der Waals surface area contributed by atoms with Crippen LogP contribution in [0.1, 0.15) is 20.8 Å². The van der Waals surface area contributed by atoms with Crippen LogP contribution in [0.25, 0.3) is 0 Å². The highest BCUT2D eigenvalue weighted by atomic mass is 16.6. The Labute approximate surface area is 119 Å². The second-order valence-corrected chi connectivity index (χ2v) is 5.37. The molecule has 1 amide bonds. The highest BCUT2D eigenvalue weighted by Crippen LogP contribution is 2.31. The van der Waals surface area contributed by atoms with Crippen molar-refractivity contribution in [2.24, 2.45) is 5.73 Å². The van der Waals surface area contributed by atoms with Crippen LogP contribution >= 0.6 is 0 Å². The molecule has 0 fully saturated rings.